The van der Waals surface area contributed by atoms with Crippen molar-refractivity contribution in [3.63, 3.8) is 0 Å². The standard InChI is InChI=1S/C27H22N2/c1-18(2)21-14-15-24-25(17-21)28-27(29-26(24)20-9-4-3-5-10-20)23-13-12-19-8-6-7-11-22(19)16-23/h3-18H,1-2H3. The summed E-state index contributed by atoms with van der Waals surface area (Å²) >= 11 is 0. The Morgan fingerprint density at radius 1 is 0.621 bits per heavy atom. The smallest absolute Gasteiger partial charge is 0.160 e. The summed E-state index contributed by atoms with van der Waals surface area (Å²) in [5, 5.41) is 3.51. The van der Waals surface area contributed by atoms with E-state index in [1.165, 1.54) is 16.3 Å². The summed E-state index contributed by atoms with van der Waals surface area (Å²) in [4.78, 5) is 9.98. The van der Waals surface area contributed by atoms with E-state index in [9.17, 15) is 0 Å². The van der Waals surface area contributed by atoms with Crippen LogP contribution in [0.25, 0.3) is 44.3 Å². The molecule has 0 fully saturated rings. The third-order valence-electron chi connectivity index (χ3n) is 5.44. The fraction of sp³-hybridized carbons (Fsp3) is 0.111. The van der Waals surface area contributed by atoms with Gasteiger partial charge < -0.3 is 0 Å². The fourth-order valence-corrected chi connectivity index (χ4v) is 3.78. The molecule has 140 valence electrons. The topological polar surface area (TPSA) is 25.8 Å². The zero-order chi connectivity index (χ0) is 19.8. The van der Waals surface area contributed by atoms with Crippen molar-refractivity contribution in [2.24, 2.45) is 0 Å². The molecule has 0 radical (unpaired) electrons. The Morgan fingerprint density at radius 3 is 2.17 bits per heavy atom. The highest BCUT2D eigenvalue weighted by molar-refractivity contribution is 5.94. The largest absolute Gasteiger partial charge is 0.228 e. The molecule has 0 spiro atoms. The van der Waals surface area contributed by atoms with Crippen LogP contribution in [-0.4, -0.2) is 9.97 Å². The molecule has 5 rings (SSSR count). The Morgan fingerprint density at radius 2 is 1.38 bits per heavy atom. The highest BCUT2D eigenvalue weighted by atomic mass is 14.9. The van der Waals surface area contributed by atoms with Crippen molar-refractivity contribution >= 4 is 21.7 Å². The quantitative estimate of drug-likeness (QED) is 0.332. The minimum atomic E-state index is 0.457. The maximum Gasteiger partial charge on any atom is 0.160 e. The molecule has 29 heavy (non-hydrogen) atoms. The van der Waals surface area contributed by atoms with Gasteiger partial charge in [0.2, 0.25) is 0 Å². The number of benzene rings is 4. The SMILES string of the molecule is CC(C)c1ccc2c(-c3ccccc3)nc(-c3ccc4ccccc4c3)nc2c1. The lowest BCUT2D eigenvalue weighted by molar-refractivity contribution is 0.868. The van der Waals surface area contributed by atoms with Gasteiger partial charge in [0, 0.05) is 16.5 Å². The molecular weight excluding hydrogens is 352 g/mol. The lowest BCUT2D eigenvalue weighted by atomic mass is 9.99. The molecule has 5 aromatic rings. The molecule has 1 heterocycles. The van der Waals surface area contributed by atoms with E-state index in [0.717, 1.165) is 33.5 Å². The van der Waals surface area contributed by atoms with Gasteiger partial charge in [-0.3, -0.25) is 0 Å². The molecule has 0 unspecified atom stereocenters. The molecule has 0 aliphatic rings. The first kappa shape index (κ1) is 17.6. The van der Waals surface area contributed by atoms with Crippen molar-refractivity contribution in [3.8, 4) is 22.6 Å². The van der Waals surface area contributed by atoms with E-state index in [1.54, 1.807) is 0 Å². The molecule has 1 aromatic heterocycles. The van der Waals surface area contributed by atoms with Crippen molar-refractivity contribution in [2.45, 2.75) is 19.8 Å². The van der Waals surface area contributed by atoms with Gasteiger partial charge in [-0.2, -0.15) is 0 Å². The van der Waals surface area contributed by atoms with E-state index in [2.05, 4.69) is 98.8 Å². The van der Waals surface area contributed by atoms with E-state index in [-0.39, 0.29) is 0 Å². The maximum absolute atomic E-state index is 5.01. The summed E-state index contributed by atoms with van der Waals surface area (Å²) in [7, 11) is 0. The molecule has 0 aliphatic carbocycles. The number of aromatic nitrogens is 2. The molecule has 0 saturated carbocycles. The number of hydrogen-bond donors (Lipinski definition) is 0. The summed E-state index contributed by atoms with van der Waals surface area (Å²) in [5.41, 5.74) is 5.42. The monoisotopic (exact) mass is 374 g/mol. The second-order valence-corrected chi connectivity index (χ2v) is 7.76. The van der Waals surface area contributed by atoms with Crippen LogP contribution >= 0.6 is 0 Å². The molecule has 2 nitrogen and oxygen atoms in total. The highest BCUT2D eigenvalue weighted by Crippen LogP contribution is 2.31. The second kappa shape index (κ2) is 7.14. The number of nitrogens with zero attached hydrogens (tertiary/aromatic N) is 2. The first-order valence-electron chi connectivity index (χ1n) is 10.1. The Hall–Kier alpha value is -3.52. The molecule has 0 amide bonds. The highest BCUT2D eigenvalue weighted by Gasteiger charge is 2.13. The van der Waals surface area contributed by atoms with Gasteiger partial charge in [-0.25, -0.2) is 9.97 Å². The number of rotatable bonds is 3. The lowest BCUT2D eigenvalue weighted by Gasteiger charge is -2.12. The first-order chi connectivity index (χ1) is 14.2. The Labute approximate surface area is 170 Å². The normalized spacial score (nSPS) is 11.4. The van der Waals surface area contributed by atoms with Gasteiger partial charge in [0.25, 0.3) is 0 Å². The first-order valence-corrected chi connectivity index (χ1v) is 10.1. The summed E-state index contributed by atoms with van der Waals surface area (Å²) in [5.74, 6) is 1.22. The zero-order valence-electron chi connectivity index (χ0n) is 16.6. The van der Waals surface area contributed by atoms with Crippen molar-refractivity contribution in [2.75, 3.05) is 0 Å². The van der Waals surface area contributed by atoms with Gasteiger partial charge in [-0.15, -0.1) is 0 Å². The third kappa shape index (κ3) is 3.27. The molecular formula is C27H22N2. The Balaban J connectivity index is 1.78. The number of fused-ring (bicyclic) bond motifs is 2. The van der Waals surface area contributed by atoms with Crippen molar-refractivity contribution in [1.29, 1.82) is 0 Å². The van der Waals surface area contributed by atoms with Crippen LogP contribution in [-0.2, 0) is 0 Å². The molecule has 2 heteroatoms. The molecule has 0 atom stereocenters. The van der Waals surface area contributed by atoms with Crippen molar-refractivity contribution in [1.82, 2.24) is 9.97 Å². The van der Waals surface area contributed by atoms with Crippen LogP contribution in [0.3, 0.4) is 0 Å². The van der Waals surface area contributed by atoms with Crippen LogP contribution in [0.2, 0.25) is 0 Å². The average Bonchev–Trinajstić information content (AvgIpc) is 2.78. The van der Waals surface area contributed by atoms with Gasteiger partial charge >= 0.3 is 0 Å². The third-order valence-corrected chi connectivity index (χ3v) is 5.44. The molecule has 0 saturated heterocycles. The van der Waals surface area contributed by atoms with Gasteiger partial charge in [-0.05, 0) is 34.4 Å². The predicted molar refractivity (Wildman–Crippen MR) is 122 cm³/mol. The molecule has 0 N–H and O–H groups in total. The van der Waals surface area contributed by atoms with Crippen molar-refractivity contribution < 1.29 is 0 Å². The van der Waals surface area contributed by atoms with Crippen LogP contribution < -0.4 is 0 Å². The van der Waals surface area contributed by atoms with E-state index < -0.39 is 0 Å². The van der Waals surface area contributed by atoms with Gasteiger partial charge in [0.1, 0.15) is 0 Å². The van der Waals surface area contributed by atoms with Crippen molar-refractivity contribution in [3.05, 3.63) is 96.6 Å². The van der Waals surface area contributed by atoms with Gasteiger partial charge in [0.05, 0.1) is 11.2 Å². The lowest BCUT2D eigenvalue weighted by Crippen LogP contribution is -1.97. The van der Waals surface area contributed by atoms with Gasteiger partial charge in [-0.1, -0.05) is 92.7 Å². The predicted octanol–water partition coefficient (Wildman–Crippen LogP) is 7.24. The maximum atomic E-state index is 5.01. The van der Waals surface area contributed by atoms with E-state index >= 15 is 0 Å². The second-order valence-electron chi connectivity index (χ2n) is 7.76. The van der Waals surface area contributed by atoms with Gasteiger partial charge in [0.15, 0.2) is 5.82 Å². The number of hydrogen-bond acceptors (Lipinski definition) is 2. The molecule has 4 aromatic carbocycles. The summed E-state index contributed by atoms with van der Waals surface area (Å²) in [6.07, 6.45) is 0. The van der Waals surface area contributed by atoms with Crippen LogP contribution in [0.4, 0.5) is 0 Å². The van der Waals surface area contributed by atoms with Crippen LogP contribution in [0.1, 0.15) is 25.3 Å². The average molecular weight is 374 g/mol. The van der Waals surface area contributed by atoms with Crippen LogP contribution in [0.5, 0.6) is 0 Å². The Kier molecular flexibility index (Phi) is 4.33. The minimum Gasteiger partial charge on any atom is -0.228 e. The summed E-state index contributed by atoms with van der Waals surface area (Å²) in [6, 6.07) is 31.8. The summed E-state index contributed by atoms with van der Waals surface area (Å²) < 4.78 is 0. The van der Waals surface area contributed by atoms with E-state index in [0.29, 0.717) is 5.92 Å². The molecule has 0 aliphatic heterocycles. The minimum absolute atomic E-state index is 0.457. The van der Waals surface area contributed by atoms with Crippen LogP contribution in [0, 0.1) is 0 Å². The fourth-order valence-electron chi connectivity index (χ4n) is 3.78. The zero-order valence-corrected chi connectivity index (χ0v) is 16.6. The summed E-state index contributed by atoms with van der Waals surface area (Å²) in [6.45, 7) is 4.43. The van der Waals surface area contributed by atoms with E-state index in [1.807, 2.05) is 6.07 Å². The molecule has 0 bridgehead atoms. The van der Waals surface area contributed by atoms with Crippen LogP contribution in [0.15, 0.2) is 91.0 Å². The van der Waals surface area contributed by atoms with E-state index in [4.69, 9.17) is 9.97 Å². The Bertz CT molecular complexity index is 1320.